The van der Waals surface area contributed by atoms with Crippen LogP contribution in [0.15, 0.2) is 0 Å². The van der Waals surface area contributed by atoms with Crippen LogP contribution in [-0.2, 0) is 18.9 Å². The molecule has 0 aliphatic carbocycles. The molecule has 99 valence electrons. The summed E-state index contributed by atoms with van der Waals surface area (Å²) in [4.78, 5) is 22.0. The summed E-state index contributed by atoms with van der Waals surface area (Å²) in [5.41, 5.74) is 0. The Hall–Kier alpha value is -1.46. The fourth-order valence-corrected chi connectivity index (χ4v) is 0.775. The van der Waals surface area contributed by atoms with Gasteiger partial charge in [0.05, 0.1) is 12.2 Å². The summed E-state index contributed by atoms with van der Waals surface area (Å²) < 4.78 is 18.9. The molecule has 0 unspecified atom stereocenters. The van der Waals surface area contributed by atoms with Gasteiger partial charge in [0.15, 0.2) is 6.10 Å². The molecule has 0 aromatic rings. The fourth-order valence-electron chi connectivity index (χ4n) is 0.775. The third kappa shape index (κ3) is 9.47. The van der Waals surface area contributed by atoms with E-state index in [2.05, 4.69) is 4.74 Å². The Labute approximate surface area is 101 Å². The highest BCUT2D eigenvalue weighted by molar-refractivity contribution is 5.62. The molecule has 0 saturated carbocycles. The average Bonchev–Trinajstić information content (AvgIpc) is 2.12. The van der Waals surface area contributed by atoms with Crippen LogP contribution in [0.2, 0.25) is 0 Å². The van der Waals surface area contributed by atoms with Gasteiger partial charge in [0, 0.05) is 0 Å². The van der Waals surface area contributed by atoms with Crippen molar-refractivity contribution in [1.82, 2.24) is 0 Å². The standard InChI is InChI=1S/C11H19O6/c1-7(2)15-10(12)14-6-9(5)17-11(13)16-8(3)4/h7-8H,6H2,1-5H3. The van der Waals surface area contributed by atoms with Crippen molar-refractivity contribution in [3.8, 4) is 0 Å². The number of hydrogen-bond acceptors (Lipinski definition) is 6. The summed E-state index contributed by atoms with van der Waals surface area (Å²) in [5, 5.41) is 0. The van der Waals surface area contributed by atoms with Crippen LogP contribution in [0, 0.1) is 6.10 Å². The first-order valence-corrected chi connectivity index (χ1v) is 5.35. The lowest BCUT2D eigenvalue weighted by Crippen LogP contribution is -2.20. The van der Waals surface area contributed by atoms with E-state index in [4.69, 9.17) is 14.2 Å². The second kappa shape index (κ2) is 7.76. The van der Waals surface area contributed by atoms with E-state index in [1.807, 2.05) is 0 Å². The van der Waals surface area contributed by atoms with Crippen LogP contribution >= 0.6 is 0 Å². The normalized spacial score (nSPS) is 10.6. The van der Waals surface area contributed by atoms with Crippen molar-refractivity contribution in [2.45, 2.75) is 46.8 Å². The molecule has 0 heterocycles. The molecule has 0 aliphatic rings. The lowest BCUT2D eigenvalue weighted by molar-refractivity contribution is 0.00559. The zero-order chi connectivity index (χ0) is 13.4. The highest BCUT2D eigenvalue weighted by Crippen LogP contribution is 2.06. The first kappa shape index (κ1) is 15.5. The van der Waals surface area contributed by atoms with Gasteiger partial charge in [0.1, 0.15) is 6.61 Å². The maximum Gasteiger partial charge on any atom is 0.509 e. The van der Waals surface area contributed by atoms with Crippen LogP contribution in [0.25, 0.3) is 0 Å². The lowest BCUT2D eigenvalue weighted by atomic mass is 10.4. The molecule has 0 aliphatic heterocycles. The Morgan fingerprint density at radius 2 is 1.41 bits per heavy atom. The first-order chi connectivity index (χ1) is 7.81. The lowest BCUT2D eigenvalue weighted by Gasteiger charge is -2.14. The van der Waals surface area contributed by atoms with Crippen molar-refractivity contribution >= 4 is 12.3 Å². The molecule has 17 heavy (non-hydrogen) atoms. The molecule has 0 spiro atoms. The van der Waals surface area contributed by atoms with Gasteiger partial charge in [0.25, 0.3) is 0 Å². The van der Waals surface area contributed by atoms with Crippen molar-refractivity contribution in [3.05, 3.63) is 6.10 Å². The summed E-state index contributed by atoms with van der Waals surface area (Å²) in [6.07, 6.45) is -1.92. The highest BCUT2D eigenvalue weighted by Gasteiger charge is 2.16. The summed E-state index contributed by atoms with van der Waals surface area (Å²) in [5.74, 6) is 0. The van der Waals surface area contributed by atoms with Gasteiger partial charge in [-0.2, -0.15) is 0 Å². The van der Waals surface area contributed by atoms with Crippen molar-refractivity contribution in [1.29, 1.82) is 0 Å². The third-order valence-corrected chi connectivity index (χ3v) is 1.31. The van der Waals surface area contributed by atoms with E-state index in [-0.39, 0.29) is 24.9 Å². The minimum absolute atomic E-state index is 0.154. The van der Waals surface area contributed by atoms with Crippen LogP contribution in [0.1, 0.15) is 34.6 Å². The monoisotopic (exact) mass is 247 g/mol. The van der Waals surface area contributed by atoms with E-state index >= 15 is 0 Å². The predicted octanol–water partition coefficient (Wildman–Crippen LogP) is 2.66. The summed E-state index contributed by atoms with van der Waals surface area (Å²) in [6.45, 7) is 8.16. The Kier molecular flexibility index (Phi) is 7.09. The summed E-state index contributed by atoms with van der Waals surface area (Å²) in [6, 6.07) is 0. The number of rotatable bonds is 5. The Bertz CT molecular complexity index is 248. The van der Waals surface area contributed by atoms with E-state index in [1.54, 1.807) is 27.7 Å². The molecular weight excluding hydrogens is 228 g/mol. The van der Waals surface area contributed by atoms with Gasteiger partial charge in [-0.15, -0.1) is 0 Å². The highest BCUT2D eigenvalue weighted by atomic mass is 16.8. The van der Waals surface area contributed by atoms with E-state index in [0.717, 1.165) is 0 Å². The molecular formula is C11H19O6. The smallest absolute Gasteiger partial charge is 0.432 e. The quantitative estimate of drug-likeness (QED) is 0.695. The SMILES string of the molecule is C[C](COC(=O)OC(C)C)OC(=O)OC(C)C. The van der Waals surface area contributed by atoms with Crippen LogP contribution in [0.3, 0.4) is 0 Å². The second-order valence-electron chi connectivity index (χ2n) is 3.93. The Morgan fingerprint density at radius 3 is 1.88 bits per heavy atom. The molecule has 0 N–H and O–H groups in total. The largest absolute Gasteiger partial charge is 0.509 e. The van der Waals surface area contributed by atoms with Gasteiger partial charge >= 0.3 is 12.3 Å². The van der Waals surface area contributed by atoms with Crippen molar-refractivity contribution in [3.63, 3.8) is 0 Å². The van der Waals surface area contributed by atoms with Gasteiger partial charge in [0.2, 0.25) is 0 Å². The van der Waals surface area contributed by atoms with Gasteiger partial charge in [-0.1, -0.05) is 0 Å². The maximum atomic E-state index is 11.0. The number of ether oxygens (including phenoxy) is 4. The molecule has 6 heteroatoms. The summed E-state index contributed by atoms with van der Waals surface area (Å²) >= 11 is 0. The van der Waals surface area contributed by atoms with Gasteiger partial charge in [-0.05, 0) is 34.6 Å². The summed E-state index contributed by atoms with van der Waals surface area (Å²) in [7, 11) is 0. The third-order valence-electron chi connectivity index (χ3n) is 1.31. The predicted molar refractivity (Wildman–Crippen MR) is 59.2 cm³/mol. The average molecular weight is 247 g/mol. The number of carbonyl (C=O) groups excluding carboxylic acids is 2. The molecule has 0 fully saturated rings. The number of carbonyl (C=O) groups is 2. The molecule has 0 rings (SSSR count). The Morgan fingerprint density at radius 1 is 0.941 bits per heavy atom. The van der Waals surface area contributed by atoms with E-state index in [1.165, 1.54) is 6.92 Å². The van der Waals surface area contributed by atoms with Gasteiger partial charge < -0.3 is 18.9 Å². The van der Waals surface area contributed by atoms with Crippen LogP contribution in [0.4, 0.5) is 9.59 Å². The molecule has 0 aromatic carbocycles. The van der Waals surface area contributed by atoms with Crippen molar-refractivity contribution in [2.75, 3.05) is 6.61 Å². The molecule has 6 nitrogen and oxygen atoms in total. The van der Waals surface area contributed by atoms with Crippen LogP contribution in [-0.4, -0.2) is 31.1 Å². The van der Waals surface area contributed by atoms with Crippen LogP contribution < -0.4 is 0 Å². The van der Waals surface area contributed by atoms with E-state index in [0.29, 0.717) is 0 Å². The second-order valence-corrected chi connectivity index (χ2v) is 3.93. The molecule has 0 saturated heterocycles. The number of hydrogen-bond donors (Lipinski definition) is 0. The topological polar surface area (TPSA) is 71.1 Å². The minimum Gasteiger partial charge on any atom is -0.432 e. The zero-order valence-corrected chi connectivity index (χ0v) is 10.8. The van der Waals surface area contributed by atoms with Crippen molar-refractivity contribution < 1.29 is 28.5 Å². The van der Waals surface area contributed by atoms with E-state index in [9.17, 15) is 9.59 Å². The van der Waals surface area contributed by atoms with Crippen LogP contribution in [0.5, 0.6) is 0 Å². The first-order valence-electron chi connectivity index (χ1n) is 5.35. The fraction of sp³-hybridized carbons (Fsp3) is 0.727. The van der Waals surface area contributed by atoms with E-state index < -0.39 is 12.3 Å². The maximum absolute atomic E-state index is 11.0. The zero-order valence-electron chi connectivity index (χ0n) is 10.8. The molecule has 0 atom stereocenters. The molecule has 0 aromatic heterocycles. The Balaban J connectivity index is 3.75. The van der Waals surface area contributed by atoms with Gasteiger partial charge in [-0.25, -0.2) is 9.59 Å². The minimum atomic E-state index is -0.821. The molecule has 1 radical (unpaired) electrons. The molecule has 0 bridgehead atoms. The van der Waals surface area contributed by atoms with Crippen molar-refractivity contribution in [2.24, 2.45) is 0 Å². The molecule has 0 amide bonds. The van der Waals surface area contributed by atoms with Gasteiger partial charge in [-0.3, -0.25) is 0 Å².